The van der Waals surface area contributed by atoms with Crippen LogP contribution < -0.4 is 15.3 Å². The van der Waals surface area contributed by atoms with Crippen LogP contribution >= 0.6 is 18.5 Å². The molecule has 5 heteroatoms. The van der Waals surface area contributed by atoms with Crippen LogP contribution in [0.15, 0.2) is 60.7 Å². The summed E-state index contributed by atoms with van der Waals surface area (Å²) in [6.07, 6.45) is 0. The van der Waals surface area contributed by atoms with Crippen LogP contribution in [0, 0.1) is 41.5 Å². The Bertz CT molecular complexity index is 1400. The van der Waals surface area contributed by atoms with E-state index in [1.54, 1.807) is 12.1 Å². The number of aryl methyl sites for hydroxylation is 6. The Hall–Kier alpha value is -3.12. The molecule has 0 aliphatic rings. The lowest BCUT2D eigenvalue weighted by atomic mass is 9.92. The molecule has 0 fully saturated rings. The van der Waals surface area contributed by atoms with Crippen molar-refractivity contribution in [1.29, 1.82) is 0 Å². The van der Waals surface area contributed by atoms with Crippen molar-refractivity contribution in [3.05, 3.63) is 116 Å². The fraction of sp³-hybridized carbons (Fsp3) is 0.188. The first kappa shape index (κ1) is 26.9. The van der Waals surface area contributed by atoms with Crippen LogP contribution in [0.2, 0.25) is 0 Å². The molecule has 0 spiro atoms. The third kappa shape index (κ3) is 5.30. The topological polar surface area (TPSA) is 43.4 Å². The van der Waals surface area contributed by atoms with Gasteiger partial charge in [-0.2, -0.15) is 0 Å². The number of carbonyl (C=O) groups excluding carboxylic acids is 2. The number of rotatable bonds is 6. The van der Waals surface area contributed by atoms with Gasteiger partial charge in [0.2, 0.25) is 0 Å². The quantitative estimate of drug-likeness (QED) is 0.205. The number of hydrogen-bond acceptors (Lipinski definition) is 3. The predicted molar refractivity (Wildman–Crippen MR) is 160 cm³/mol. The highest BCUT2D eigenvalue weighted by Crippen LogP contribution is 2.33. The van der Waals surface area contributed by atoms with Crippen molar-refractivity contribution in [2.45, 2.75) is 41.5 Å². The highest BCUT2D eigenvalue weighted by molar-refractivity contribution is 7.28. The summed E-state index contributed by atoms with van der Waals surface area (Å²) in [5.41, 5.74) is 8.22. The van der Waals surface area contributed by atoms with E-state index in [0.717, 1.165) is 44.0 Å². The second-order valence-electron chi connectivity index (χ2n) is 9.75. The molecule has 0 saturated carbocycles. The molecule has 0 heterocycles. The molecule has 4 aromatic carbocycles. The Labute approximate surface area is 224 Å². The Morgan fingerprint density at radius 2 is 0.865 bits per heavy atom. The fourth-order valence-corrected chi connectivity index (χ4v) is 5.97. The van der Waals surface area contributed by atoms with Gasteiger partial charge in [-0.1, -0.05) is 59.7 Å². The maximum Gasteiger partial charge on any atom is 0.197 e. The second-order valence-corrected chi connectivity index (χ2v) is 11.0. The van der Waals surface area contributed by atoms with Crippen molar-refractivity contribution in [2.24, 2.45) is 0 Å². The summed E-state index contributed by atoms with van der Waals surface area (Å²) >= 11 is 0. The van der Waals surface area contributed by atoms with Crippen LogP contribution in [-0.4, -0.2) is 11.6 Å². The van der Waals surface area contributed by atoms with Gasteiger partial charge in [-0.15, -0.1) is 18.5 Å². The molecule has 0 amide bonds. The van der Waals surface area contributed by atoms with E-state index in [2.05, 4.69) is 18.5 Å². The van der Waals surface area contributed by atoms with Crippen LogP contribution in [0.25, 0.3) is 0 Å². The monoisotopic (exact) mass is 526 g/mol. The Morgan fingerprint density at radius 3 is 1.19 bits per heavy atom. The first-order chi connectivity index (χ1) is 17.5. The molecule has 2 unspecified atom stereocenters. The summed E-state index contributed by atoms with van der Waals surface area (Å²) in [7, 11) is 5.30. The first-order valence-electron chi connectivity index (χ1n) is 12.2. The smallest absolute Gasteiger partial charge is 0.197 e. The molecule has 37 heavy (non-hydrogen) atoms. The lowest BCUT2D eigenvalue weighted by Gasteiger charge is -2.19. The first-order valence-corrected chi connectivity index (χ1v) is 13.3. The third-order valence-electron chi connectivity index (χ3n) is 6.60. The average Bonchev–Trinajstić information content (AvgIpc) is 2.77. The molecular weight excluding hydrogens is 494 g/mol. The van der Waals surface area contributed by atoms with Gasteiger partial charge in [0.05, 0.1) is 11.1 Å². The van der Waals surface area contributed by atoms with E-state index in [0.29, 0.717) is 33.8 Å². The molecule has 4 aromatic rings. The lowest BCUT2D eigenvalue weighted by molar-refractivity contribution is 0.103. The van der Waals surface area contributed by atoms with E-state index < -0.39 is 0 Å². The number of carbonyl (C=O) groups is 2. The molecule has 0 aromatic heterocycles. The van der Waals surface area contributed by atoms with Crippen LogP contribution in [0.1, 0.15) is 65.2 Å². The van der Waals surface area contributed by atoms with E-state index in [9.17, 15) is 9.59 Å². The molecule has 4 rings (SSSR count). The third-order valence-corrected chi connectivity index (χ3v) is 7.56. The van der Waals surface area contributed by atoms with Crippen molar-refractivity contribution in [3.8, 4) is 11.5 Å². The SMILES string of the molecule is Cc1cc(C)c(C(=O)c2c(P)cccc2Oc2cccc(P)c2C(=O)c2c(C)cc(C)cc2C)c(C)c1. The minimum absolute atomic E-state index is 0.101. The van der Waals surface area contributed by atoms with E-state index >= 15 is 0 Å². The zero-order valence-corrected chi connectivity index (χ0v) is 24.5. The molecule has 3 nitrogen and oxygen atoms in total. The number of hydrogen-bond donors (Lipinski definition) is 0. The Kier molecular flexibility index (Phi) is 7.79. The van der Waals surface area contributed by atoms with Crippen LogP contribution in [0.4, 0.5) is 0 Å². The van der Waals surface area contributed by atoms with Crippen LogP contribution in [0.3, 0.4) is 0 Å². The highest BCUT2D eigenvalue weighted by Gasteiger charge is 2.25. The van der Waals surface area contributed by atoms with Gasteiger partial charge < -0.3 is 4.74 Å². The summed E-state index contributed by atoms with van der Waals surface area (Å²) in [4.78, 5) is 27.8. The molecule has 0 aliphatic carbocycles. The molecule has 0 N–H and O–H groups in total. The molecule has 0 aliphatic heterocycles. The largest absolute Gasteiger partial charge is 0.456 e. The van der Waals surface area contributed by atoms with Crippen molar-refractivity contribution in [2.75, 3.05) is 0 Å². The van der Waals surface area contributed by atoms with Crippen LogP contribution in [0.5, 0.6) is 11.5 Å². The molecule has 0 bridgehead atoms. The number of ketones is 2. The van der Waals surface area contributed by atoms with Crippen LogP contribution in [-0.2, 0) is 0 Å². The number of ether oxygens (including phenoxy) is 1. The molecule has 0 saturated heterocycles. The minimum atomic E-state index is -0.101. The van der Waals surface area contributed by atoms with Gasteiger partial charge in [0.25, 0.3) is 0 Å². The summed E-state index contributed by atoms with van der Waals surface area (Å²) < 4.78 is 6.43. The van der Waals surface area contributed by atoms with Crippen molar-refractivity contribution >= 4 is 40.7 Å². The highest BCUT2D eigenvalue weighted by atomic mass is 31.0. The van der Waals surface area contributed by atoms with Gasteiger partial charge >= 0.3 is 0 Å². The lowest BCUT2D eigenvalue weighted by Crippen LogP contribution is -2.17. The molecule has 188 valence electrons. The zero-order chi connectivity index (χ0) is 27.0. The zero-order valence-electron chi connectivity index (χ0n) is 22.2. The normalized spacial score (nSPS) is 10.9. The molecule has 0 radical (unpaired) electrons. The van der Waals surface area contributed by atoms with Gasteiger partial charge in [-0.25, -0.2) is 0 Å². The summed E-state index contributed by atoms with van der Waals surface area (Å²) in [5, 5.41) is 1.48. The van der Waals surface area contributed by atoms with Crippen molar-refractivity contribution in [1.82, 2.24) is 0 Å². The summed E-state index contributed by atoms with van der Waals surface area (Å²) in [6.45, 7) is 11.9. The Morgan fingerprint density at radius 1 is 0.541 bits per heavy atom. The van der Waals surface area contributed by atoms with Gasteiger partial charge in [0.1, 0.15) is 11.5 Å². The standard InChI is InChI=1S/C32H32O3P2/c1-17-13-19(3)27(20(4)14-17)31(33)29-23(9-7-11-25(29)36)35-24-10-8-12-26(37)30(24)32(34)28-21(5)15-18(2)16-22(28)6/h7-16H,36-37H2,1-6H3. The minimum Gasteiger partial charge on any atom is -0.456 e. The van der Waals surface area contributed by atoms with Gasteiger partial charge in [-0.3, -0.25) is 9.59 Å². The fourth-order valence-electron chi connectivity index (χ4n) is 5.20. The predicted octanol–water partition coefficient (Wildman–Crippen LogP) is 6.79. The molecule has 2 atom stereocenters. The van der Waals surface area contributed by atoms with Gasteiger partial charge in [0.15, 0.2) is 11.6 Å². The second kappa shape index (κ2) is 10.7. The maximum atomic E-state index is 13.9. The maximum absolute atomic E-state index is 13.9. The summed E-state index contributed by atoms with van der Waals surface area (Å²) in [6, 6.07) is 19.1. The van der Waals surface area contributed by atoms with E-state index in [-0.39, 0.29) is 11.6 Å². The van der Waals surface area contributed by atoms with Gasteiger partial charge in [-0.05, 0) is 86.5 Å². The number of benzene rings is 4. The van der Waals surface area contributed by atoms with Crippen molar-refractivity contribution in [3.63, 3.8) is 0 Å². The van der Waals surface area contributed by atoms with Gasteiger partial charge in [0, 0.05) is 11.1 Å². The van der Waals surface area contributed by atoms with E-state index in [1.165, 1.54) is 0 Å². The average molecular weight is 527 g/mol. The molecular formula is C32H32O3P2. The van der Waals surface area contributed by atoms with Crippen molar-refractivity contribution < 1.29 is 14.3 Å². The Balaban J connectivity index is 1.84. The summed E-state index contributed by atoms with van der Waals surface area (Å²) in [5.74, 6) is 0.629. The van der Waals surface area contributed by atoms with E-state index in [4.69, 9.17) is 4.74 Å². The van der Waals surface area contributed by atoms with E-state index in [1.807, 2.05) is 90.1 Å².